The van der Waals surface area contributed by atoms with Gasteiger partial charge in [-0.15, -0.1) is 23.5 Å². The average Bonchev–Trinajstić information content (AvgIpc) is 2.54. The van der Waals surface area contributed by atoms with Crippen LogP contribution < -0.4 is 0 Å². The van der Waals surface area contributed by atoms with E-state index in [2.05, 4.69) is 13.8 Å². The van der Waals surface area contributed by atoms with Crippen LogP contribution in [0.2, 0.25) is 0 Å². The Bertz CT molecular complexity index is 334. The van der Waals surface area contributed by atoms with Crippen molar-refractivity contribution in [3.05, 3.63) is 23.0 Å². The molecule has 0 aromatic carbocycles. The van der Waals surface area contributed by atoms with Gasteiger partial charge in [0.15, 0.2) is 0 Å². The smallest absolute Gasteiger partial charge is 0.331 e. The molecule has 4 nitrogen and oxygen atoms in total. The predicted molar refractivity (Wildman–Crippen MR) is 99.5 cm³/mol. The lowest BCUT2D eigenvalue weighted by molar-refractivity contribution is -0.140. The predicted octanol–water partition coefficient (Wildman–Crippen LogP) is 4.56. The van der Waals surface area contributed by atoms with E-state index in [1.165, 1.54) is 12.2 Å². The second kappa shape index (κ2) is 17.5. The highest BCUT2D eigenvalue weighted by atomic mass is 32.2. The highest BCUT2D eigenvalue weighted by molar-refractivity contribution is 8.02. The van der Waals surface area contributed by atoms with Crippen molar-refractivity contribution in [2.24, 2.45) is 0 Å². The molecule has 0 rings (SSSR count). The van der Waals surface area contributed by atoms with Crippen LogP contribution in [-0.4, -0.2) is 36.7 Å². The molecule has 132 valence electrons. The summed E-state index contributed by atoms with van der Waals surface area (Å²) in [6, 6.07) is 0. The van der Waals surface area contributed by atoms with Gasteiger partial charge in [-0.3, -0.25) is 0 Å². The average molecular weight is 361 g/mol. The maximum atomic E-state index is 11.4. The largest absolute Gasteiger partial charge is 0.462 e. The molecule has 0 aromatic rings. The Balaban J connectivity index is 3.49. The number of carbonyl (C=O) groups excluding carboxylic acids is 2. The van der Waals surface area contributed by atoms with E-state index in [1.807, 2.05) is 0 Å². The number of rotatable bonds is 14. The highest BCUT2D eigenvalue weighted by Gasteiger charge is 1.99. The fraction of sp³-hybridized carbons (Fsp3) is 0.647. The van der Waals surface area contributed by atoms with E-state index in [4.69, 9.17) is 9.47 Å². The number of hydrogen-bond donors (Lipinski definition) is 0. The fourth-order valence-corrected chi connectivity index (χ4v) is 2.90. The molecule has 0 bridgehead atoms. The van der Waals surface area contributed by atoms with Crippen LogP contribution in [0.1, 0.15) is 46.0 Å². The van der Waals surface area contributed by atoms with Crippen LogP contribution in [-0.2, 0) is 19.1 Å². The normalized spacial score (nSPS) is 11.2. The molecule has 0 aliphatic carbocycles. The molecule has 0 saturated carbocycles. The first kappa shape index (κ1) is 22.1. The number of hydrogen-bond acceptors (Lipinski definition) is 6. The Morgan fingerprint density at radius 2 is 1.22 bits per heavy atom. The number of carbonyl (C=O) groups is 2. The van der Waals surface area contributed by atoms with Crippen LogP contribution in [0.5, 0.6) is 0 Å². The third-order valence-electron chi connectivity index (χ3n) is 2.61. The van der Waals surface area contributed by atoms with Crippen molar-refractivity contribution in [1.82, 2.24) is 0 Å². The zero-order valence-corrected chi connectivity index (χ0v) is 15.8. The summed E-state index contributed by atoms with van der Waals surface area (Å²) in [6.45, 7) is 4.77. The quantitative estimate of drug-likeness (QED) is 0.257. The third-order valence-corrected chi connectivity index (χ3v) is 4.32. The van der Waals surface area contributed by atoms with Crippen LogP contribution in [0.4, 0.5) is 0 Å². The van der Waals surface area contributed by atoms with Crippen molar-refractivity contribution in [2.75, 3.05) is 24.7 Å². The topological polar surface area (TPSA) is 52.6 Å². The Labute approximate surface area is 148 Å². The maximum Gasteiger partial charge on any atom is 0.331 e. The van der Waals surface area contributed by atoms with Crippen molar-refractivity contribution in [2.45, 2.75) is 46.0 Å². The van der Waals surface area contributed by atoms with Gasteiger partial charge < -0.3 is 9.47 Å². The van der Waals surface area contributed by atoms with E-state index in [1.54, 1.807) is 34.3 Å². The highest BCUT2D eigenvalue weighted by Crippen LogP contribution is 2.06. The van der Waals surface area contributed by atoms with Gasteiger partial charge >= 0.3 is 11.9 Å². The van der Waals surface area contributed by atoms with E-state index in [0.717, 1.165) is 37.2 Å². The molecule has 0 saturated heterocycles. The molecule has 6 heteroatoms. The van der Waals surface area contributed by atoms with Gasteiger partial charge in [-0.25, -0.2) is 9.59 Å². The Morgan fingerprint density at radius 1 is 0.783 bits per heavy atom. The summed E-state index contributed by atoms with van der Waals surface area (Å²) >= 11 is 3.21. The number of thioether (sulfide) groups is 2. The minimum Gasteiger partial charge on any atom is -0.462 e. The van der Waals surface area contributed by atoms with Crippen molar-refractivity contribution in [3.63, 3.8) is 0 Å². The Morgan fingerprint density at radius 3 is 1.61 bits per heavy atom. The van der Waals surface area contributed by atoms with Crippen LogP contribution >= 0.6 is 23.5 Å². The molecule has 0 aliphatic heterocycles. The summed E-state index contributed by atoms with van der Waals surface area (Å²) < 4.78 is 10.0. The van der Waals surface area contributed by atoms with Crippen LogP contribution in [0.25, 0.3) is 0 Å². The summed E-state index contributed by atoms with van der Waals surface area (Å²) in [6.07, 6.45) is 7.95. The number of unbranched alkanes of at least 4 members (excludes halogenated alkanes) is 2. The van der Waals surface area contributed by atoms with Gasteiger partial charge in [-0.2, -0.15) is 0 Å². The molecular formula is C17H28O4S2. The van der Waals surface area contributed by atoms with Gasteiger partial charge in [0.05, 0.1) is 13.2 Å². The van der Waals surface area contributed by atoms with Gasteiger partial charge in [-0.1, -0.05) is 26.7 Å². The van der Waals surface area contributed by atoms with Crippen molar-refractivity contribution in [3.8, 4) is 0 Å². The molecule has 0 fully saturated rings. The first-order valence-electron chi connectivity index (χ1n) is 8.10. The molecule has 0 aliphatic rings. The second-order valence-electron chi connectivity index (χ2n) is 4.74. The van der Waals surface area contributed by atoms with Crippen molar-refractivity contribution < 1.29 is 19.1 Å². The van der Waals surface area contributed by atoms with Crippen molar-refractivity contribution in [1.29, 1.82) is 0 Å². The van der Waals surface area contributed by atoms with E-state index in [-0.39, 0.29) is 25.2 Å². The summed E-state index contributed by atoms with van der Waals surface area (Å²) in [5, 5.41) is 3.53. The molecule has 0 amide bonds. The lowest BCUT2D eigenvalue weighted by Crippen LogP contribution is -2.07. The van der Waals surface area contributed by atoms with Gasteiger partial charge in [0.25, 0.3) is 0 Å². The minimum atomic E-state index is -0.354. The van der Waals surface area contributed by atoms with Crippen LogP contribution in [0.15, 0.2) is 23.0 Å². The fourth-order valence-electron chi connectivity index (χ4n) is 1.30. The molecular weight excluding hydrogens is 332 g/mol. The number of ether oxygens (including phenoxy) is 2. The van der Waals surface area contributed by atoms with E-state index < -0.39 is 0 Å². The summed E-state index contributed by atoms with van der Waals surface area (Å²) in [5.74, 6) is 1.32. The van der Waals surface area contributed by atoms with E-state index >= 15 is 0 Å². The van der Waals surface area contributed by atoms with E-state index in [9.17, 15) is 9.59 Å². The summed E-state index contributed by atoms with van der Waals surface area (Å²) in [5.41, 5.74) is 0. The molecule has 0 N–H and O–H groups in total. The number of esters is 2. The first-order valence-corrected chi connectivity index (χ1v) is 10.2. The second-order valence-corrected chi connectivity index (χ2v) is 6.77. The van der Waals surface area contributed by atoms with Gasteiger partial charge in [-0.05, 0) is 35.2 Å². The van der Waals surface area contributed by atoms with Gasteiger partial charge in [0, 0.05) is 18.6 Å². The Kier molecular flexibility index (Phi) is 16.8. The lowest BCUT2D eigenvalue weighted by Gasteiger charge is -2.03. The molecule has 0 radical (unpaired) electrons. The van der Waals surface area contributed by atoms with Gasteiger partial charge in [0.2, 0.25) is 0 Å². The van der Waals surface area contributed by atoms with Crippen LogP contribution in [0, 0.1) is 0 Å². The molecule has 23 heavy (non-hydrogen) atoms. The monoisotopic (exact) mass is 360 g/mol. The zero-order valence-electron chi connectivity index (χ0n) is 14.1. The maximum absolute atomic E-state index is 11.4. The molecule has 0 atom stereocenters. The molecule has 0 spiro atoms. The summed E-state index contributed by atoms with van der Waals surface area (Å²) in [4.78, 5) is 22.7. The zero-order chi connectivity index (χ0) is 17.2. The van der Waals surface area contributed by atoms with Crippen molar-refractivity contribution >= 4 is 35.5 Å². The van der Waals surface area contributed by atoms with Crippen LogP contribution in [0.3, 0.4) is 0 Å². The lowest BCUT2D eigenvalue weighted by atomic mass is 10.4. The first-order chi connectivity index (χ1) is 11.2. The minimum absolute atomic E-state index is 0.255. The molecule has 0 aromatic heterocycles. The molecule has 0 unspecified atom stereocenters. The standard InChI is InChI=1S/C17H28O4S2/c1-3-5-12-22-14-8-16(18)20-10-7-11-21-17(19)9-15-23-13-6-4-2/h8-9,14-15H,3-7,10-13H2,1-2H3/b14-8-,15-9?. The SMILES string of the molecule is CCCCSC=CC(=O)OCCCOC(=O)/C=C\SCCCC. The van der Waals surface area contributed by atoms with E-state index in [0.29, 0.717) is 6.42 Å². The Hall–Kier alpha value is -0.880. The third kappa shape index (κ3) is 17.3. The summed E-state index contributed by atoms with van der Waals surface area (Å²) in [7, 11) is 0. The van der Waals surface area contributed by atoms with Gasteiger partial charge in [0.1, 0.15) is 0 Å². The molecule has 0 heterocycles.